The summed E-state index contributed by atoms with van der Waals surface area (Å²) in [5.41, 5.74) is 1.26. The average molecular weight is 359 g/mol. The van der Waals surface area contributed by atoms with E-state index in [2.05, 4.69) is 20.5 Å². The van der Waals surface area contributed by atoms with Crippen molar-refractivity contribution in [3.05, 3.63) is 47.5 Å². The maximum absolute atomic E-state index is 13.0. The van der Waals surface area contributed by atoms with Gasteiger partial charge in [-0.25, -0.2) is 9.07 Å². The Bertz CT molecular complexity index is 742. The van der Waals surface area contributed by atoms with Crippen LogP contribution in [0.3, 0.4) is 0 Å². The largest absolute Gasteiger partial charge is 0.348 e. The number of carbonyl (C=O) groups excluding carboxylic acids is 1. The summed E-state index contributed by atoms with van der Waals surface area (Å²) in [5.74, 6) is -0.379. The summed E-state index contributed by atoms with van der Waals surface area (Å²) >= 11 is 0. The van der Waals surface area contributed by atoms with Gasteiger partial charge in [0.25, 0.3) is 5.91 Å². The van der Waals surface area contributed by atoms with Crippen LogP contribution in [0.2, 0.25) is 0 Å². The number of amides is 1. The van der Waals surface area contributed by atoms with Crippen molar-refractivity contribution >= 4 is 5.91 Å². The summed E-state index contributed by atoms with van der Waals surface area (Å²) in [4.78, 5) is 14.7. The Hall–Kier alpha value is -2.28. The molecule has 1 amide bonds. The number of hydrogen-bond acceptors (Lipinski definition) is 4. The number of likely N-dealkylation sites (tertiary alicyclic amines) is 1. The number of rotatable bonds is 4. The van der Waals surface area contributed by atoms with Crippen LogP contribution in [0.25, 0.3) is 0 Å². The van der Waals surface area contributed by atoms with E-state index in [0.717, 1.165) is 38.0 Å². The molecule has 0 unspecified atom stereocenters. The molecule has 1 fully saturated rings. The highest BCUT2D eigenvalue weighted by atomic mass is 19.1. The Morgan fingerprint density at radius 1 is 1.23 bits per heavy atom. The normalized spacial score (nSPS) is 16.6. The molecule has 1 aliphatic rings. The van der Waals surface area contributed by atoms with Crippen molar-refractivity contribution in [2.24, 2.45) is 0 Å². The van der Waals surface area contributed by atoms with Crippen molar-refractivity contribution in [1.29, 1.82) is 0 Å². The first-order valence-corrected chi connectivity index (χ1v) is 9.02. The van der Waals surface area contributed by atoms with Gasteiger partial charge in [-0.3, -0.25) is 9.69 Å². The lowest BCUT2D eigenvalue weighted by Gasteiger charge is -2.32. The van der Waals surface area contributed by atoms with E-state index < -0.39 is 0 Å². The lowest BCUT2D eigenvalue weighted by Crippen LogP contribution is -2.44. The molecular formula is C19H26FN5O. The molecule has 1 aromatic heterocycles. The number of carbonyl (C=O) groups is 1. The third-order valence-electron chi connectivity index (χ3n) is 4.66. The lowest BCUT2D eigenvalue weighted by atomic mass is 10.0. The van der Waals surface area contributed by atoms with E-state index in [-0.39, 0.29) is 23.3 Å². The predicted octanol–water partition coefficient (Wildman–Crippen LogP) is 2.57. The Morgan fingerprint density at radius 3 is 2.46 bits per heavy atom. The number of hydrogen-bond donors (Lipinski definition) is 1. The summed E-state index contributed by atoms with van der Waals surface area (Å²) in [7, 11) is 0. The maximum atomic E-state index is 13.0. The SMILES string of the molecule is CC(C)(C)n1cc(C(=O)NC2CCN(Cc3ccc(F)cc3)CC2)nn1. The Balaban J connectivity index is 1.48. The monoisotopic (exact) mass is 359 g/mol. The van der Waals surface area contributed by atoms with Crippen molar-refractivity contribution < 1.29 is 9.18 Å². The molecule has 0 aliphatic carbocycles. The van der Waals surface area contributed by atoms with E-state index in [1.807, 2.05) is 32.9 Å². The zero-order valence-corrected chi connectivity index (χ0v) is 15.6. The fraction of sp³-hybridized carbons (Fsp3) is 0.526. The highest BCUT2D eigenvalue weighted by Gasteiger charge is 2.23. The van der Waals surface area contributed by atoms with Crippen LogP contribution >= 0.6 is 0 Å². The Morgan fingerprint density at radius 2 is 1.88 bits per heavy atom. The maximum Gasteiger partial charge on any atom is 0.273 e. The molecule has 0 bridgehead atoms. The molecule has 1 saturated heterocycles. The zero-order valence-electron chi connectivity index (χ0n) is 15.6. The second-order valence-electron chi connectivity index (χ2n) is 7.87. The number of benzene rings is 1. The van der Waals surface area contributed by atoms with E-state index >= 15 is 0 Å². The molecule has 140 valence electrons. The van der Waals surface area contributed by atoms with Crippen LogP contribution in [0, 0.1) is 5.82 Å². The van der Waals surface area contributed by atoms with E-state index in [1.165, 1.54) is 12.1 Å². The fourth-order valence-electron chi connectivity index (χ4n) is 3.04. The van der Waals surface area contributed by atoms with Gasteiger partial charge in [0.2, 0.25) is 0 Å². The van der Waals surface area contributed by atoms with Gasteiger partial charge in [0.05, 0.1) is 11.7 Å². The minimum Gasteiger partial charge on any atom is -0.348 e. The third-order valence-corrected chi connectivity index (χ3v) is 4.66. The van der Waals surface area contributed by atoms with Crippen LogP contribution in [-0.4, -0.2) is 44.9 Å². The molecule has 26 heavy (non-hydrogen) atoms. The second-order valence-corrected chi connectivity index (χ2v) is 7.87. The smallest absolute Gasteiger partial charge is 0.273 e. The first-order valence-electron chi connectivity index (χ1n) is 9.02. The van der Waals surface area contributed by atoms with Crippen LogP contribution in [-0.2, 0) is 12.1 Å². The van der Waals surface area contributed by atoms with Crippen LogP contribution in [0.5, 0.6) is 0 Å². The number of halogens is 1. The van der Waals surface area contributed by atoms with Crippen LogP contribution in [0.1, 0.15) is 49.7 Å². The minimum atomic E-state index is -0.210. The molecular weight excluding hydrogens is 333 g/mol. The van der Waals surface area contributed by atoms with Crippen LogP contribution < -0.4 is 5.32 Å². The fourth-order valence-corrected chi connectivity index (χ4v) is 3.04. The summed E-state index contributed by atoms with van der Waals surface area (Å²) in [6.07, 6.45) is 3.47. The number of nitrogens with one attached hydrogen (secondary N) is 1. The first-order chi connectivity index (χ1) is 12.3. The van der Waals surface area contributed by atoms with Crippen molar-refractivity contribution in [2.75, 3.05) is 13.1 Å². The minimum absolute atomic E-state index is 0.145. The van der Waals surface area contributed by atoms with Crippen molar-refractivity contribution in [3.63, 3.8) is 0 Å². The van der Waals surface area contributed by atoms with Gasteiger partial charge in [-0.15, -0.1) is 5.10 Å². The van der Waals surface area contributed by atoms with Gasteiger partial charge < -0.3 is 5.32 Å². The molecule has 6 nitrogen and oxygen atoms in total. The van der Waals surface area contributed by atoms with E-state index in [9.17, 15) is 9.18 Å². The number of piperidine rings is 1. The van der Waals surface area contributed by atoms with Gasteiger partial charge in [0.15, 0.2) is 5.69 Å². The van der Waals surface area contributed by atoms with Crippen LogP contribution in [0.4, 0.5) is 4.39 Å². The highest BCUT2D eigenvalue weighted by Crippen LogP contribution is 2.15. The van der Waals surface area contributed by atoms with Crippen LogP contribution in [0.15, 0.2) is 30.5 Å². The summed E-state index contributed by atoms with van der Waals surface area (Å²) in [5, 5.41) is 11.1. The van der Waals surface area contributed by atoms with Gasteiger partial charge in [-0.05, 0) is 51.3 Å². The lowest BCUT2D eigenvalue weighted by molar-refractivity contribution is 0.0904. The molecule has 2 aromatic rings. The summed E-state index contributed by atoms with van der Waals surface area (Å²) < 4.78 is 14.7. The zero-order chi connectivity index (χ0) is 18.7. The van der Waals surface area contributed by atoms with E-state index in [0.29, 0.717) is 5.69 Å². The van der Waals surface area contributed by atoms with Crippen molar-refractivity contribution in [2.45, 2.75) is 51.7 Å². The van der Waals surface area contributed by atoms with Gasteiger partial charge in [0.1, 0.15) is 5.82 Å². The molecule has 7 heteroatoms. The topological polar surface area (TPSA) is 63.1 Å². The third kappa shape index (κ3) is 4.66. The quantitative estimate of drug-likeness (QED) is 0.911. The molecule has 1 N–H and O–H groups in total. The molecule has 0 saturated carbocycles. The van der Waals surface area contributed by atoms with E-state index in [4.69, 9.17) is 0 Å². The molecule has 0 spiro atoms. The molecule has 0 radical (unpaired) electrons. The van der Waals surface area contributed by atoms with Gasteiger partial charge in [-0.1, -0.05) is 17.3 Å². The van der Waals surface area contributed by atoms with Gasteiger partial charge in [-0.2, -0.15) is 0 Å². The predicted molar refractivity (Wildman–Crippen MR) is 97.2 cm³/mol. The molecule has 1 aromatic carbocycles. The Labute approximate surface area is 153 Å². The second kappa shape index (κ2) is 7.53. The molecule has 3 rings (SSSR count). The molecule has 2 heterocycles. The molecule has 0 atom stereocenters. The summed E-state index contributed by atoms with van der Waals surface area (Å²) in [6, 6.07) is 6.77. The van der Waals surface area contributed by atoms with Gasteiger partial charge in [0, 0.05) is 25.7 Å². The Kier molecular flexibility index (Phi) is 5.36. The van der Waals surface area contributed by atoms with Crippen molar-refractivity contribution in [1.82, 2.24) is 25.2 Å². The number of nitrogens with zero attached hydrogens (tertiary/aromatic N) is 4. The number of aromatic nitrogens is 3. The van der Waals surface area contributed by atoms with Crippen molar-refractivity contribution in [3.8, 4) is 0 Å². The average Bonchev–Trinajstić information content (AvgIpc) is 3.09. The standard InChI is InChI=1S/C19H26FN5O/c1-19(2,3)25-13-17(22-23-25)18(26)21-16-8-10-24(11-9-16)12-14-4-6-15(20)7-5-14/h4-7,13,16H,8-12H2,1-3H3,(H,21,26). The summed E-state index contributed by atoms with van der Waals surface area (Å²) in [6.45, 7) is 8.65. The van der Waals surface area contributed by atoms with E-state index in [1.54, 1.807) is 10.9 Å². The van der Waals surface area contributed by atoms with Gasteiger partial charge >= 0.3 is 0 Å². The first kappa shape index (κ1) is 18.5. The molecule has 1 aliphatic heterocycles. The highest BCUT2D eigenvalue weighted by molar-refractivity contribution is 5.92.